The SMILES string of the molecule is CC(C)CCNC(=O)C(C)NCCC(=O)NCC(C)C. The second-order valence-electron chi connectivity index (χ2n) is 6.10. The fourth-order valence-corrected chi connectivity index (χ4v) is 1.54. The maximum absolute atomic E-state index is 11.7. The minimum Gasteiger partial charge on any atom is -0.356 e. The smallest absolute Gasteiger partial charge is 0.236 e. The van der Waals surface area contributed by atoms with E-state index in [0.29, 0.717) is 37.9 Å². The number of amides is 2. The number of nitrogens with one attached hydrogen (secondary N) is 3. The van der Waals surface area contributed by atoms with Gasteiger partial charge in [-0.3, -0.25) is 9.59 Å². The molecule has 118 valence electrons. The van der Waals surface area contributed by atoms with Crippen LogP contribution in [0.15, 0.2) is 0 Å². The quantitative estimate of drug-likeness (QED) is 0.566. The van der Waals surface area contributed by atoms with Crippen LogP contribution in [-0.4, -0.2) is 37.5 Å². The summed E-state index contributed by atoms with van der Waals surface area (Å²) < 4.78 is 0. The summed E-state index contributed by atoms with van der Waals surface area (Å²) >= 11 is 0. The number of rotatable bonds is 10. The molecule has 0 radical (unpaired) electrons. The second-order valence-corrected chi connectivity index (χ2v) is 6.10. The normalized spacial score (nSPS) is 12.6. The highest BCUT2D eigenvalue weighted by Gasteiger charge is 2.12. The molecule has 0 saturated carbocycles. The van der Waals surface area contributed by atoms with Gasteiger partial charge in [-0.05, 0) is 25.2 Å². The molecule has 0 aliphatic rings. The van der Waals surface area contributed by atoms with Crippen LogP contribution >= 0.6 is 0 Å². The average Bonchev–Trinajstić information content (AvgIpc) is 2.35. The molecule has 1 atom stereocenters. The lowest BCUT2D eigenvalue weighted by atomic mass is 10.1. The number of hydrogen-bond donors (Lipinski definition) is 3. The Morgan fingerprint density at radius 1 is 0.900 bits per heavy atom. The Labute approximate surface area is 123 Å². The van der Waals surface area contributed by atoms with E-state index in [1.54, 1.807) is 0 Å². The van der Waals surface area contributed by atoms with Crippen molar-refractivity contribution in [3.05, 3.63) is 0 Å². The van der Waals surface area contributed by atoms with Crippen LogP contribution in [0.5, 0.6) is 0 Å². The molecule has 2 amide bonds. The summed E-state index contributed by atoms with van der Waals surface area (Å²) in [5.74, 6) is 1.06. The summed E-state index contributed by atoms with van der Waals surface area (Å²) in [6.07, 6.45) is 1.38. The lowest BCUT2D eigenvalue weighted by molar-refractivity contribution is -0.124. The van der Waals surface area contributed by atoms with Crippen molar-refractivity contribution in [2.75, 3.05) is 19.6 Å². The molecule has 0 saturated heterocycles. The maximum atomic E-state index is 11.7. The summed E-state index contributed by atoms with van der Waals surface area (Å²) in [7, 11) is 0. The standard InChI is InChI=1S/C15H31N3O2/c1-11(2)6-8-17-15(20)13(5)16-9-7-14(19)18-10-12(3)4/h11-13,16H,6-10H2,1-5H3,(H,17,20)(H,18,19). The molecule has 0 fully saturated rings. The van der Waals surface area contributed by atoms with Gasteiger partial charge in [-0.2, -0.15) is 0 Å². The molecule has 0 aliphatic carbocycles. The molecular formula is C15H31N3O2. The third kappa shape index (κ3) is 10.8. The number of carbonyl (C=O) groups is 2. The van der Waals surface area contributed by atoms with E-state index in [-0.39, 0.29) is 17.9 Å². The van der Waals surface area contributed by atoms with E-state index >= 15 is 0 Å². The Bertz CT molecular complexity index is 291. The van der Waals surface area contributed by atoms with Crippen molar-refractivity contribution < 1.29 is 9.59 Å². The van der Waals surface area contributed by atoms with E-state index in [9.17, 15) is 9.59 Å². The molecule has 0 aromatic carbocycles. The van der Waals surface area contributed by atoms with Crippen LogP contribution in [0.4, 0.5) is 0 Å². The van der Waals surface area contributed by atoms with Crippen molar-refractivity contribution >= 4 is 11.8 Å². The minimum absolute atomic E-state index is 0.00626. The Balaban J connectivity index is 3.68. The molecule has 0 bridgehead atoms. The van der Waals surface area contributed by atoms with Crippen molar-refractivity contribution in [3.8, 4) is 0 Å². The summed E-state index contributed by atoms with van der Waals surface area (Å²) in [5, 5.41) is 8.81. The van der Waals surface area contributed by atoms with Gasteiger partial charge in [-0.25, -0.2) is 0 Å². The van der Waals surface area contributed by atoms with Gasteiger partial charge in [0.25, 0.3) is 0 Å². The molecule has 0 aromatic rings. The Hall–Kier alpha value is -1.10. The first-order valence-corrected chi connectivity index (χ1v) is 7.60. The molecular weight excluding hydrogens is 254 g/mol. The molecule has 0 spiro atoms. The van der Waals surface area contributed by atoms with Gasteiger partial charge in [0.15, 0.2) is 0 Å². The van der Waals surface area contributed by atoms with Crippen molar-refractivity contribution in [2.24, 2.45) is 11.8 Å². The third-order valence-corrected chi connectivity index (χ3v) is 2.92. The third-order valence-electron chi connectivity index (χ3n) is 2.92. The zero-order chi connectivity index (χ0) is 15.5. The van der Waals surface area contributed by atoms with Crippen LogP contribution in [0.3, 0.4) is 0 Å². The second kappa shape index (κ2) is 10.7. The van der Waals surface area contributed by atoms with Gasteiger partial charge in [-0.15, -0.1) is 0 Å². The van der Waals surface area contributed by atoms with Crippen molar-refractivity contribution in [1.29, 1.82) is 0 Å². The zero-order valence-electron chi connectivity index (χ0n) is 13.6. The first-order chi connectivity index (χ1) is 9.32. The summed E-state index contributed by atoms with van der Waals surface area (Å²) in [5.41, 5.74) is 0. The summed E-state index contributed by atoms with van der Waals surface area (Å²) in [4.78, 5) is 23.2. The Morgan fingerprint density at radius 2 is 1.55 bits per heavy atom. The highest BCUT2D eigenvalue weighted by molar-refractivity contribution is 5.81. The molecule has 0 heterocycles. The summed E-state index contributed by atoms with van der Waals surface area (Å²) in [6.45, 7) is 12.1. The van der Waals surface area contributed by atoms with Crippen LogP contribution in [0.25, 0.3) is 0 Å². The van der Waals surface area contributed by atoms with Gasteiger partial charge in [-0.1, -0.05) is 27.7 Å². The lowest BCUT2D eigenvalue weighted by Gasteiger charge is -2.14. The van der Waals surface area contributed by atoms with E-state index in [1.807, 2.05) is 6.92 Å². The van der Waals surface area contributed by atoms with E-state index in [1.165, 1.54) is 0 Å². The average molecular weight is 285 g/mol. The predicted octanol–water partition coefficient (Wildman–Crippen LogP) is 1.29. The fraction of sp³-hybridized carbons (Fsp3) is 0.867. The highest BCUT2D eigenvalue weighted by Crippen LogP contribution is 1.96. The highest BCUT2D eigenvalue weighted by atomic mass is 16.2. The van der Waals surface area contributed by atoms with E-state index in [2.05, 4.69) is 43.6 Å². The van der Waals surface area contributed by atoms with Gasteiger partial charge in [0.1, 0.15) is 0 Å². The van der Waals surface area contributed by atoms with Gasteiger partial charge < -0.3 is 16.0 Å². The van der Waals surface area contributed by atoms with Gasteiger partial charge in [0.2, 0.25) is 11.8 Å². The Morgan fingerprint density at radius 3 is 2.10 bits per heavy atom. The van der Waals surface area contributed by atoms with Crippen LogP contribution in [0, 0.1) is 11.8 Å². The molecule has 5 nitrogen and oxygen atoms in total. The molecule has 5 heteroatoms. The lowest BCUT2D eigenvalue weighted by Crippen LogP contribution is -2.43. The first-order valence-electron chi connectivity index (χ1n) is 7.60. The number of hydrogen-bond acceptors (Lipinski definition) is 3. The van der Waals surface area contributed by atoms with Crippen LogP contribution < -0.4 is 16.0 Å². The molecule has 0 aliphatic heterocycles. The Kier molecular flexibility index (Phi) is 10.1. The van der Waals surface area contributed by atoms with Gasteiger partial charge >= 0.3 is 0 Å². The van der Waals surface area contributed by atoms with E-state index in [0.717, 1.165) is 6.42 Å². The summed E-state index contributed by atoms with van der Waals surface area (Å²) in [6, 6.07) is -0.264. The molecule has 3 N–H and O–H groups in total. The van der Waals surface area contributed by atoms with Crippen molar-refractivity contribution in [2.45, 2.75) is 53.5 Å². The predicted molar refractivity (Wildman–Crippen MR) is 82.4 cm³/mol. The van der Waals surface area contributed by atoms with E-state index in [4.69, 9.17) is 0 Å². The van der Waals surface area contributed by atoms with Crippen molar-refractivity contribution in [3.63, 3.8) is 0 Å². The van der Waals surface area contributed by atoms with Crippen LogP contribution in [0.2, 0.25) is 0 Å². The topological polar surface area (TPSA) is 70.2 Å². The fourth-order valence-electron chi connectivity index (χ4n) is 1.54. The van der Waals surface area contributed by atoms with Crippen LogP contribution in [0.1, 0.15) is 47.5 Å². The monoisotopic (exact) mass is 285 g/mol. The van der Waals surface area contributed by atoms with E-state index < -0.39 is 0 Å². The maximum Gasteiger partial charge on any atom is 0.236 e. The molecule has 0 aromatic heterocycles. The van der Waals surface area contributed by atoms with Gasteiger partial charge in [0.05, 0.1) is 6.04 Å². The molecule has 1 unspecified atom stereocenters. The molecule has 0 rings (SSSR count). The zero-order valence-corrected chi connectivity index (χ0v) is 13.6. The first kappa shape index (κ1) is 18.9. The largest absolute Gasteiger partial charge is 0.356 e. The number of carbonyl (C=O) groups excluding carboxylic acids is 2. The minimum atomic E-state index is -0.264. The molecule has 20 heavy (non-hydrogen) atoms. The van der Waals surface area contributed by atoms with Crippen molar-refractivity contribution in [1.82, 2.24) is 16.0 Å². The van der Waals surface area contributed by atoms with Crippen LogP contribution in [-0.2, 0) is 9.59 Å². The van der Waals surface area contributed by atoms with Gasteiger partial charge in [0, 0.05) is 26.1 Å².